The molecule has 0 spiro atoms. The van der Waals surface area contributed by atoms with Crippen LogP contribution in [0.25, 0.3) is 10.6 Å². The maximum Gasteiger partial charge on any atom is 0.416 e. The molecular formula is C38H35F4N7O4S. The summed E-state index contributed by atoms with van der Waals surface area (Å²) in [6, 6.07) is 21.6. The van der Waals surface area contributed by atoms with E-state index in [1.807, 2.05) is 10.3 Å². The number of aromatic nitrogens is 1. The van der Waals surface area contributed by atoms with Crippen LogP contribution in [0.3, 0.4) is 0 Å². The van der Waals surface area contributed by atoms with E-state index in [2.05, 4.69) is 26.1 Å². The predicted molar refractivity (Wildman–Crippen MR) is 198 cm³/mol. The molecule has 0 atom stereocenters. The maximum atomic E-state index is 13.9. The summed E-state index contributed by atoms with van der Waals surface area (Å²) in [5.41, 5.74) is 4.61. The summed E-state index contributed by atoms with van der Waals surface area (Å²) in [6.45, 7) is 3.63. The summed E-state index contributed by atoms with van der Waals surface area (Å²) in [5.74, 6) is -0.316. The van der Waals surface area contributed by atoms with Gasteiger partial charge in [-0.2, -0.15) is 18.3 Å². The Morgan fingerprint density at radius 2 is 1.65 bits per heavy atom. The second-order valence-electron chi connectivity index (χ2n) is 12.3. The molecule has 1 aliphatic heterocycles. The lowest BCUT2D eigenvalue weighted by Gasteiger charge is -2.33. The average Bonchev–Trinajstić information content (AvgIpc) is 3.61. The number of hydrogen-bond acceptors (Lipinski definition) is 9. The number of carbonyl (C=O) groups is 2. The zero-order chi connectivity index (χ0) is 38.1. The van der Waals surface area contributed by atoms with Crippen LogP contribution in [-0.2, 0) is 24.1 Å². The highest BCUT2D eigenvalue weighted by atomic mass is 32.1. The van der Waals surface area contributed by atoms with Gasteiger partial charge in [0.2, 0.25) is 0 Å². The van der Waals surface area contributed by atoms with Crippen molar-refractivity contribution in [2.24, 2.45) is 5.10 Å². The van der Waals surface area contributed by atoms with E-state index in [1.54, 1.807) is 54.6 Å². The van der Waals surface area contributed by atoms with Gasteiger partial charge in [0, 0.05) is 66.2 Å². The number of phenols is 1. The molecule has 6 rings (SSSR count). The fraction of sp³-hybridized carbons (Fsp3) is 0.211. The van der Waals surface area contributed by atoms with Crippen LogP contribution < -0.4 is 20.8 Å². The summed E-state index contributed by atoms with van der Waals surface area (Å²) >= 11 is 1.49. The van der Waals surface area contributed by atoms with Crippen molar-refractivity contribution in [2.45, 2.75) is 19.3 Å². The number of nitrogens with one attached hydrogen (secondary N) is 3. The van der Waals surface area contributed by atoms with Crippen molar-refractivity contribution in [3.8, 4) is 22.1 Å². The second-order valence-corrected chi connectivity index (χ2v) is 13.2. The third-order valence-electron chi connectivity index (χ3n) is 8.35. The van der Waals surface area contributed by atoms with Gasteiger partial charge in [-0.1, -0.05) is 24.3 Å². The van der Waals surface area contributed by atoms with Gasteiger partial charge in [0.25, 0.3) is 5.91 Å². The molecule has 54 heavy (non-hydrogen) atoms. The van der Waals surface area contributed by atoms with Gasteiger partial charge in [0.1, 0.15) is 28.9 Å². The zero-order valence-corrected chi connectivity index (χ0v) is 29.5. The Balaban J connectivity index is 0.912. The molecule has 0 bridgehead atoms. The molecule has 0 aliphatic carbocycles. The standard InChI is InChI=1S/C38H35F4N7O4S/c39-33-7-2-1-4-26(33)23-53-32-12-13-34(50)27(18-32)20-43-47-35(51)22-49-16-14-48(15-17-49)21-31-24-54-36(44-31)25-8-10-29(11-9-25)45-37(52)46-30-6-3-5-28(19-30)38(40,41)42/h1-13,18-20,24,50H,14-17,21-23H2,(H,47,51)(H2,45,46,52)/b43-20+. The smallest absolute Gasteiger partial charge is 0.416 e. The van der Waals surface area contributed by atoms with Gasteiger partial charge in [-0.3, -0.25) is 14.6 Å². The third-order valence-corrected chi connectivity index (χ3v) is 9.29. The Morgan fingerprint density at radius 1 is 0.907 bits per heavy atom. The van der Waals surface area contributed by atoms with E-state index < -0.39 is 17.8 Å². The molecule has 4 N–H and O–H groups in total. The SMILES string of the molecule is O=C(CN1CCN(Cc2csc(-c3ccc(NC(=O)Nc4cccc(C(F)(F)F)c4)cc3)n2)CC1)N/N=C/c1cc(OCc2ccccc2F)ccc1O. The number of anilines is 2. The fourth-order valence-corrected chi connectivity index (χ4v) is 6.34. The number of rotatable bonds is 12. The Morgan fingerprint density at radius 3 is 2.41 bits per heavy atom. The van der Waals surface area contributed by atoms with E-state index in [0.29, 0.717) is 42.2 Å². The first-order valence-electron chi connectivity index (χ1n) is 16.7. The van der Waals surface area contributed by atoms with Crippen LogP contribution in [0.2, 0.25) is 0 Å². The minimum absolute atomic E-state index is 0.0158. The van der Waals surface area contributed by atoms with E-state index in [1.165, 1.54) is 41.8 Å². The molecule has 0 radical (unpaired) electrons. The molecular weight excluding hydrogens is 727 g/mol. The number of hydrogen-bond donors (Lipinski definition) is 4. The normalized spacial score (nSPS) is 13.9. The maximum absolute atomic E-state index is 13.9. The Labute approximate surface area is 311 Å². The van der Waals surface area contributed by atoms with Crippen molar-refractivity contribution < 1.29 is 37.0 Å². The van der Waals surface area contributed by atoms with E-state index in [9.17, 15) is 32.3 Å². The number of carbonyl (C=O) groups excluding carboxylic acids is 2. The molecule has 4 aromatic carbocycles. The molecule has 1 aromatic heterocycles. The summed E-state index contributed by atoms with van der Waals surface area (Å²) in [4.78, 5) is 34.0. The molecule has 1 aliphatic rings. The van der Waals surface area contributed by atoms with Crippen molar-refractivity contribution in [1.82, 2.24) is 20.2 Å². The van der Waals surface area contributed by atoms with Crippen LogP contribution in [0.5, 0.6) is 11.5 Å². The average molecular weight is 762 g/mol. The van der Waals surface area contributed by atoms with Crippen LogP contribution in [0.1, 0.15) is 22.4 Å². The highest BCUT2D eigenvalue weighted by Gasteiger charge is 2.30. The van der Waals surface area contributed by atoms with Gasteiger partial charge in [0.15, 0.2) is 0 Å². The minimum Gasteiger partial charge on any atom is -0.507 e. The quantitative estimate of drug-likeness (QED) is 0.0603. The summed E-state index contributed by atoms with van der Waals surface area (Å²) < 4.78 is 58.5. The molecule has 1 fully saturated rings. The number of halogens is 4. The fourth-order valence-electron chi connectivity index (χ4n) is 5.52. The van der Waals surface area contributed by atoms with Crippen LogP contribution in [0.15, 0.2) is 101 Å². The molecule has 0 unspecified atom stereocenters. The summed E-state index contributed by atoms with van der Waals surface area (Å²) in [7, 11) is 0. The topological polar surface area (TPSA) is 131 Å². The molecule has 3 amide bonds. The van der Waals surface area contributed by atoms with E-state index >= 15 is 0 Å². The molecule has 16 heteroatoms. The number of piperazine rings is 1. The van der Waals surface area contributed by atoms with Crippen molar-refractivity contribution >= 4 is 40.9 Å². The van der Waals surface area contributed by atoms with Gasteiger partial charge in [0.05, 0.1) is 24.0 Å². The monoisotopic (exact) mass is 761 g/mol. The summed E-state index contributed by atoms with van der Waals surface area (Å²) in [5, 5.41) is 22.0. The number of nitrogens with zero attached hydrogens (tertiary/aromatic N) is 4. The Hall–Kier alpha value is -5.84. The minimum atomic E-state index is -4.51. The third kappa shape index (κ3) is 10.6. The lowest BCUT2D eigenvalue weighted by molar-refractivity contribution is -0.137. The second kappa shape index (κ2) is 17.3. The number of amides is 3. The first-order valence-corrected chi connectivity index (χ1v) is 17.6. The molecule has 1 saturated heterocycles. The molecule has 5 aromatic rings. The highest BCUT2D eigenvalue weighted by molar-refractivity contribution is 7.13. The number of ether oxygens (including phenoxy) is 1. The number of urea groups is 1. The molecule has 280 valence electrons. The molecule has 0 saturated carbocycles. The number of benzene rings is 4. The molecule has 11 nitrogen and oxygen atoms in total. The van der Waals surface area contributed by atoms with Crippen LogP contribution in [-0.4, -0.2) is 70.8 Å². The lowest BCUT2D eigenvalue weighted by Crippen LogP contribution is -2.48. The van der Waals surface area contributed by atoms with E-state index in [4.69, 9.17) is 9.72 Å². The van der Waals surface area contributed by atoms with E-state index in [-0.39, 0.29) is 36.3 Å². The highest BCUT2D eigenvalue weighted by Crippen LogP contribution is 2.31. The first kappa shape index (κ1) is 37.9. The van der Waals surface area contributed by atoms with E-state index in [0.717, 1.165) is 41.5 Å². The van der Waals surface area contributed by atoms with Crippen molar-refractivity contribution in [2.75, 3.05) is 43.4 Å². The zero-order valence-electron chi connectivity index (χ0n) is 28.6. The van der Waals surface area contributed by atoms with Gasteiger partial charge < -0.3 is 20.5 Å². The van der Waals surface area contributed by atoms with Crippen molar-refractivity contribution in [1.29, 1.82) is 0 Å². The Kier molecular flexibility index (Phi) is 12.2. The number of thiazole rings is 1. The van der Waals surface area contributed by atoms with Crippen molar-refractivity contribution in [3.63, 3.8) is 0 Å². The summed E-state index contributed by atoms with van der Waals surface area (Å²) in [6.07, 6.45) is -3.19. The number of phenolic OH excluding ortho intramolecular Hbond substituents is 1. The van der Waals surface area contributed by atoms with Gasteiger partial charge in [-0.15, -0.1) is 11.3 Å². The number of hydrazone groups is 1. The van der Waals surface area contributed by atoms with Gasteiger partial charge in [-0.25, -0.2) is 19.6 Å². The lowest BCUT2D eigenvalue weighted by atomic mass is 10.2. The predicted octanol–water partition coefficient (Wildman–Crippen LogP) is 7.16. The number of alkyl halides is 3. The van der Waals surface area contributed by atoms with Gasteiger partial charge >= 0.3 is 12.2 Å². The van der Waals surface area contributed by atoms with Crippen LogP contribution >= 0.6 is 11.3 Å². The van der Waals surface area contributed by atoms with Gasteiger partial charge in [-0.05, 0) is 66.7 Å². The van der Waals surface area contributed by atoms with Crippen LogP contribution in [0, 0.1) is 5.82 Å². The van der Waals surface area contributed by atoms with Crippen molar-refractivity contribution in [3.05, 3.63) is 125 Å². The van der Waals surface area contributed by atoms with Crippen LogP contribution in [0.4, 0.5) is 33.7 Å². The first-order chi connectivity index (χ1) is 26.0. The largest absolute Gasteiger partial charge is 0.507 e. The Bertz CT molecular complexity index is 2100. The number of aromatic hydroxyl groups is 1. The molecule has 2 heterocycles.